The molecular formula is C16H22ClN3O3S. The van der Waals surface area contributed by atoms with E-state index in [-0.39, 0.29) is 23.7 Å². The van der Waals surface area contributed by atoms with E-state index in [0.717, 1.165) is 0 Å². The van der Waals surface area contributed by atoms with E-state index < -0.39 is 10.0 Å². The van der Waals surface area contributed by atoms with Gasteiger partial charge in [0, 0.05) is 31.7 Å². The number of halogens is 1. The van der Waals surface area contributed by atoms with Gasteiger partial charge in [-0.1, -0.05) is 11.6 Å². The molecule has 2 aliphatic rings. The molecule has 1 aromatic carbocycles. The number of piperazine rings is 1. The Morgan fingerprint density at radius 3 is 2.46 bits per heavy atom. The zero-order valence-corrected chi connectivity index (χ0v) is 15.4. The van der Waals surface area contributed by atoms with Crippen molar-refractivity contribution in [2.75, 3.05) is 29.7 Å². The normalized spacial score (nSPS) is 26.6. The van der Waals surface area contributed by atoms with Gasteiger partial charge in [-0.3, -0.25) is 9.10 Å². The third-order valence-electron chi connectivity index (χ3n) is 4.42. The van der Waals surface area contributed by atoms with Crippen molar-refractivity contribution in [3.8, 4) is 0 Å². The fourth-order valence-electron chi connectivity index (χ4n) is 3.43. The highest BCUT2D eigenvalue weighted by molar-refractivity contribution is 7.93. The molecule has 0 spiro atoms. The molecule has 24 heavy (non-hydrogen) atoms. The number of sulfonamides is 1. The lowest BCUT2D eigenvalue weighted by atomic mass is 10.1. The summed E-state index contributed by atoms with van der Waals surface area (Å²) in [4.78, 5) is 14.5. The molecule has 0 aromatic heterocycles. The van der Waals surface area contributed by atoms with Crippen molar-refractivity contribution in [2.45, 2.75) is 32.4 Å². The van der Waals surface area contributed by atoms with Crippen LogP contribution in [0.15, 0.2) is 18.2 Å². The fourth-order valence-corrected chi connectivity index (χ4v) is 5.24. The van der Waals surface area contributed by atoms with Gasteiger partial charge in [-0.15, -0.1) is 0 Å². The molecule has 1 aromatic rings. The molecule has 0 saturated carbocycles. The molecule has 3 rings (SSSR count). The summed E-state index contributed by atoms with van der Waals surface area (Å²) in [5.74, 6) is 0.0398. The van der Waals surface area contributed by atoms with Crippen LogP contribution in [-0.4, -0.2) is 56.7 Å². The highest BCUT2D eigenvalue weighted by atomic mass is 35.5. The molecule has 0 unspecified atom stereocenters. The predicted molar refractivity (Wildman–Crippen MR) is 95.2 cm³/mol. The van der Waals surface area contributed by atoms with Crippen LogP contribution >= 0.6 is 11.6 Å². The van der Waals surface area contributed by atoms with E-state index in [1.54, 1.807) is 23.1 Å². The lowest BCUT2D eigenvalue weighted by molar-refractivity contribution is 0.0674. The fraction of sp³-hybridized carbons (Fsp3) is 0.562. The zero-order chi connectivity index (χ0) is 17.5. The number of nitrogens with one attached hydrogen (secondary N) is 1. The maximum atomic E-state index is 12.8. The molecule has 6 nitrogen and oxygen atoms in total. The number of carbonyl (C=O) groups excluding carboxylic acids is 1. The van der Waals surface area contributed by atoms with Crippen LogP contribution in [0.5, 0.6) is 0 Å². The van der Waals surface area contributed by atoms with Crippen LogP contribution < -0.4 is 9.62 Å². The maximum Gasteiger partial charge on any atom is 0.255 e. The molecule has 2 heterocycles. The topological polar surface area (TPSA) is 69.7 Å². The summed E-state index contributed by atoms with van der Waals surface area (Å²) in [6, 6.07) is 5.32. The standard InChI is InChI=1S/C16H22ClN3O3S/c1-11-9-19(10-12(2)18-11)16(21)14-5-4-13(8-15(14)17)20-6-3-7-24(20,22)23/h4-5,8,11-12,18H,3,6-7,9-10H2,1-2H3/t11-,12+. The SMILES string of the molecule is C[C@@H]1CN(C(=O)c2ccc(N3CCCS3(=O)=O)cc2Cl)C[C@H](C)N1. The second-order valence-electron chi connectivity index (χ2n) is 6.58. The molecule has 2 saturated heterocycles. The lowest BCUT2D eigenvalue weighted by Gasteiger charge is -2.36. The highest BCUT2D eigenvalue weighted by Gasteiger charge is 2.30. The van der Waals surface area contributed by atoms with Crippen molar-refractivity contribution < 1.29 is 13.2 Å². The average molecular weight is 372 g/mol. The van der Waals surface area contributed by atoms with Crippen LogP contribution in [0.2, 0.25) is 5.02 Å². The number of anilines is 1. The van der Waals surface area contributed by atoms with Gasteiger partial charge in [0.25, 0.3) is 5.91 Å². The Morgan fingerprint density at radius 1 is 1.25 bits per heavy atom. The van der Waals surface area contributed by atoms with E-state index in [0.29, 0.717) is 42.3 Å². The number of benzene rings is 1. The number of nitrogens with zero attached hydrogens (tertiary/aromatic N) is 2. The van der Waals surface area contributed by atoms with Crippen molar-refractivity contribution in [2.24, 2.45) is 0 Å². The van der Waals surface area contributed by atoms with E-state index >= 15 is 0 Å². The van der Waals surface area contributed by atoms with E-state index in [2.05, 4.69) is 5.32 Å². The molecule has 8 heteroatoms. The monoisotopic (exact) mass is 371 g/mol. The molecule has 0 bridgehead atoms. The van der Waals surface area contributed by atoms with Gasteiger partial charge in [-0.2, -0.15) is 0 Å². The second kappa shape index (κ2) is 6.54. The molecule has 2 atom stereocenters. The molecule has 2 fully saturated rings. The number of hydrogen-bond donors (Lipinski definition) is 1. The third-order valence-corrected chi connectivity index (χ3v) is 6.60. The Balaban J connectivity index is 1.83. The van der Waals surface area contributed by atoms with Crippen molar-refractivity contribution in [3.63, 3.8) is 0 Å². The van der Waals surface area contributed by atoms with E-state index in [1.165, 1.54) is 4.31 Å². The van der Waals surface area contributed by atoms with Crippen molar-refractivity contribution in [3.05, 3.63) is 28.8 Å². The third kappa shape index (κ3) is 3.38. The van der Waals surface area contributed by atoms with Crippen LogP contribution in [0.3, 0.4) is 0 Å². The first kappa shape index (κ1) is 17.5. The van der Waals surface area contributed by atoms with Crippen molar-refractivity contribution >= 4 is 33.2 Å². The first-order valence-corrected chi connectivity index (χ1v) is 10.1. The number of amides is 1. The molecule has 0 aliphatic carbocycles. The minimum atomic E-state index is -3.25. The minimum absolute atomic E-state index is 0.115. The van der Waals surface area contributed by atoms with Gasteiger partial charge in [0.2, 0.25) is 10.0 Å². The van der Waals surface area contributed by atoms with E-state index in [4.69, 9.17) is 11.6 Å². The average Bonchev–Trinajstić information content (AvgIpc) is 2.85. The Hall–Kier alpha value is -1.31. The van der Waals surface area contributed by atoms with Gasteiger partial charge < -0.3 is 10.2 Å². The van der Waals surface area contributed by atoms with Gasteiger partial charge in [-0.25, -0.2) is 8.42 Å². The lowest BCUT2D eigenvalue weighted by Crippen LogP contribution is -2.55. The molecule has 1 N–H and O–H groups in total. The Labute approximate surface area is 147 Å². The minimum Gasteiger partial charge on any atom is -0.336 e. The summed E-state index contributed by atoms with van der Waals surface area (Å²) in [5, 5.41) is 3.68. The van der Waals surface area contributed by atoms with E-state index in [1.807, 2.05) is 13.8 Å². The van der Waals surface area contributed by atoms with Gasteiger partial charge in [-0.05, 0) is 38.5 Å². The molecular weight excluding hydrogens is 350 g/mol. The Morgan fingerprint density at radius 2 is 1.92 bits per heavy atom. The van der Waals surface area contributed by atoms with Gasteiger partial charge >= 0.3 is 0 Å². The largest absolute Gasteiger partial charge is 0.336 e. The van der Waals surface area contributed by atoms with Crippen molar-refractivity contribution in [1.82, 2.24) is 10.2 Å². The van der Waals surface area contributed by atoms with Gasteiger partial charge in [0.1, 0.15) is 0 Å². The van der Waals surface area contributed by atoms with Crippen LogP contribution in [0, 0.1) is 0 Å². The smallest absolute Gasteiger partial charge is 0.255 e. The summed E-state index contributed by atoms with van der Waals surface area (Å²) in [6.07, 6.45) is 0.608. The summed E-state index contributed by atoms with van der Waals surface area (Å²) in [6.45, 7) is 5.79. The Bertz CT molecular complexity index is 743. The van der Waals surface area contributed by atoms with Crippen LogP contribution in [0.25, 0.3) is 0 Å². The number of hydrogen-bond acceptors (Lipinski definition) is 4. The molecule has 132 valence electrons. The molecule has 0 radical (unpaired) electrons. The quantitative estimate of drug-likeness (QED) is 0.859. The van der Waals surface area contributed by atoms with Crippen LogP contribution in [0.4, 0.5) is 5.69 Å². The highest BCUT2D eigenvalue weighted by Crippen LogP contribution is 2.29. The molecule has 1 amide bonds. The summed E-state index contributed by atoms with van der Waals surface area (Å²) < 4.78 is 25.4. The van der Waals surface area contributed by atoms with Crippen LogP contribution in [-0.2, 0) is 10.0 Å². The second-order valence-corrected chi connectivity index (χ2v) is 9.00. The summed E-state index contributed by atoms with van der Waals surface area (Å²) >= 11 is 6.30. The maximum absolute atomic E-state index is 12.8. The van der Waals surface area contributed by atoms with E-state index in [9.17, 15) is 13.2 Å². The van der Waals surface area contributed by atoms with Crippen molar-refractivity contribution in [1.29, 1.82) is 0 Å². The first-order chi connectivity index (χ1) is 11.3. The zero-order valence-electron chi connectivity index (χ0n) is 13.8. The number of carbonyl (C=O) groups is 1. The number of rotatable bonds is 2. The van der Waals surface area contributed by atoms with Gasteiger partial charge in [0.05, 0.1) is 22.0 Å². The van der Waals surface area contributed by atoms with Gasteiger partial charge in [0.15, 0.2) is 0 Å². The summed E-state index contributed by atoms with van der Waals surface area (Å²) in [7, 11) is -3.25. The first-order valence-electron chi connectivity index (χ1n) is 8.13. The Kier molecular flexibility index (Phi) is 4.77. The van der Waals surface area contributed by atoms with Crippen LogP contribution in [0.1, 0.15) is 30.6 Å². The molecule has 2 aliphatic heterocycles. The summed E-state index contributed by atoms with van der Waals surface area (Å²) in [5.41, 5.74) is 0.939. The predicted octanol–water partition coefficient (Wildman–Crippen LogP) is 1.70.